The van der Waals surface area contributed by atoms with E-state index in [0.717, 1.165) is 0 Å². The number of carboxylic acids is 2. The molecule has 7 heteroatoms. The zero-order valence-electron chi connectivity index (χ0n) is 9.91. The highest BCUT2D eigenvalue weighted by atomic mass is 16.5. The maximum absolute atomic E-state index is 11.5. The van der Waals surface area contributed by atoms with Crippen LogP contribution in [0.15, 0.2) is 30.3 Å². The van der Waals surface area contributed by atoms with E-state index in [1.165, 1.54) is 0 Å². The van der Waals surface area contributed by atoms with E-state index in [2.05, 4.69) is 5.32 Å². The minimum Gasteiger partial charge on any atom is -0.480 e. The maximum Gasteiger partial charge on any atom is 0.335 e. The summed E-state index contributed by atoms with van der Waals surface area (Å²) < 4.78 is 4.81. The molecule has 7 nitrogen and oxygen atoms in total. The fourth-order valence-electron chi connectivity index (χ4n) is 1.27. The molecule has 0 radical (unpaired) electrons. The predicted octanol–water partition coefficient (Wildman–Crippen LogP) is -0.143. The summed E-state index contributed by atoms with van der Waals surface area (Å²) >= 11 is 0. The lowest BCUT2D eigenvalue weighted by Crippen LogP contribution is -2.46. The minimum absolute atomic E-state index is 0.0712. The van der Waals surface area contributed by atoms with Crippen molar-refractivity contribution in [2.45, 2.75) is 12.6 Å². The van der Waals surface area contributed by atoms with Crippen molar-refractivity contribution >= 4 is 17.9 Å². The van der Waals surface area contributed by atoms with E-state index >= 15 is 0 Å². The van der Waals surface area contributed by atoms with Gasteiger partial charge < -0.3 is 14.9 Å². The molecule has 0 aliphatic heterocycles. The van der Waals surface area contributed by atoms with Gasteiger partial charge >= 0.3 is 17.9 Å². The van der Waals surface area contributed by atoms with Crippen LogP contribution in [-0.4, -0.2) is 40.7 Å². The molecule has 0 aromatic heterocycles. The van der Waals surface area contributed by atoms with Crippen molar-refractivity contribution in [3.8, 4) is 0 Å². The number of carboxylic acid groups (broad SMARTS) is 2. The Morgan fingerprint density at radius 2 is 1.79 bits per heavy atom. The van der Waals surface area contributed by atoms with Gasteiger partial charge in [-0.2, -0.15) is 0 Å². The van der Waals surface area contributed by atoms with E-state index in [-0.39, 0.29) is 6.61 Å². The van der Waals surface area contributed by atoms with Crippen LogP contribution >= 0.6 is 0 Å². The summed E-state index contributed by atoms with van der Waals surface area (Å²) in [6, 6.07) is 7.03. The number of esters is 1. The number of benzene rings is 1. The molecule has 0 amide bonds. The maximum atomic E-state index is 11.5. The highest BCUT2D eigenvalue weighted by molar-refractivity contribution is 5.98. The van der Waals surface area contributed by atoms with E-state index in [1.54, 1.807) is 30.3 Å². The summed E-state index contributed by atoms with van der Waals surface area (Å²) in [5.41, 5.74) is 0.707. The number of hydrogen-bond donors (Lipinski definition) is 3. The first-order valence-corrected chi connectivity index (χ1v) is 5.39. The van der Waals surface area contributed by atoms with E-state index in [1.807, 2.05) is 0 Å². The molecule has 102 valence electrons. The summed E-state index contributed by atoms with van der Waals surface area (Å²) in [5, 5.41) is 19.3. The highest BCUT2D eigenvalue weighted by Crippen LogP contribution is 2.02. The Hall–Kier alpha value is -2.41. The molecule has 1 unspecified atom stereocenters. The molecular weight excluding hydrogens is 254 g/mol. The number of aliphatic carboxylic acids is 2. The molecule has 1 atom stereocenters. The number of nitrogens with one attached hydrogen (secondary N) is 1. The van der Waals surface area contributed by atoms with Gasteiger partial charge in [-0.05, 0) is 5.56 Å². The van der Waals surface area contributed by atoms with Gasteiger partial charge in [0.25, 0.3) is 0 Å². The van der Waals surface area contributed by atoms with Crippen LogP contribution in [0.5, 0.6) is 0 Å². The van der Waals surface area contributed by atoms with Crippen LogP contribution in [0, 0.1) is 0 Å². The first kappa shape index (κ1) is 14.7. The van der Waals surface area contributed by atoms with Crippen molar-refractivity contribution in [3.63, 3.8) is 0 Å². The van der Waals surface area contributed by atoms with Crippen LogP contribution in [0.3, 0.4) is 0 Å². The van der Waals surface area contributed by atoms with Crippen LogP contribution in [0.25, 0.3) is 0 Å². The van der Waals surface area contributed by atoms with Crippen LogP contribution in [-0.2, 0) is 25.7 Å². The van der Waals surface area contributed by atoms with Crippen molar-refractivity contribution in [2.24, 2.45) is 0 Å². The lowest BCUT2D eigenvalue weighted by atomic mass is 10.2. The quantitative estimate of drug-likeness (QED) is 0.465. The molecular formula is C12H13NO6. The molecule has 0 saturated heterocycles. The molecule has 0 aliphatic carbocycles. The summed E-state index contributed by atoms with van der Waals surface area (Å²) in [4.78, 5) is 32.6. The van der Waals surface area contributed by atoms with Gasteiger partial charge in [-0.3, -0.25) is 10.1 Å². The minimum atomic E-state index is -1.69. The second kappa shape index (κ2) is 7.12. The predicted molar refractivity (Wildman–Crippen MR) is 63.3 cm³/mol. The Morgan fingerprint density at radius 1 is 1.16 bits per heavy atom. The van der Waals surface area contributed by atoms with Gasteiger partial charge in [0.15, 0.2) is 0 Å². The van der Waals surface area contributed by atoms with Gasteiger partial charge in [0, 0.05) is 0 Å². The Kier molecular flexibility index (Phi) is 5.49. The largest absolute Gasteiger partial charge is 0.480 e. The van der Waals surface area contributed by atoms with Gasteiger partial charge in [-0.25, -0.2) is 9.59 Å². The van der Waals surface area contributed by atoms with Gasteiger partial charge in [0.05, 0.1) is 6.54 Å². The number of ether oxygens (including phenoxy) is 1. The van der Waals surface area contributed by atoms with E-state index < -0.39 is 30.5 Å². The van der Waals surface area contributed by atoms with E-state index in [4.69, 9.17) is 14.9 Å². The molecule has 0 bridgehead atoms. The molecule has 1 aromatic carbocycles. The van der Waals surface area contributed by atoms with Crippen molar-refractivity contribution in [3.05, 3.63) is 35.9 Å². The third-order valence-electron chi connectivity index (χ3n) is 2.16. The Bertz CT molecular complexity index is 459. The second-order valence-electron chi connectivity index (χ2n) is 3.64. The van der Waals surface area contributed by atoms with Gasteiger partial charge in [0.1, 0.15) is 6.61 Å². The van der Waals surface area contributed by atoms with Crippen molar-refractivity contribution in [1.29, 1.82) is 0 Å². The molecule has 0 heterocycles. The Labute approximate surface area is 108 Å². The Balaban J connectivity index is 2.53. The van der Waals surface area contributed by atoms with Crippen LogP contribution in [0.1, 0.15) is 5.56 Å². The van der Waals surface area contributed by atoms with Gasteiger partial charge in [-0.15, -0.1) is 0 Å². The molecule has 0 fully saturated rings. The highest BCUT2D eigenvalue weighted by Gasteiger charge is 2.27. The van der Waals surface area contributed by atoms with Crippen molar-refractivity contribution in [1.82, 2.24) is 5.32 Å². The van der Waals surface area contributed by atoms with E-state index in [9.17, 15) is 14.4 Å². The fraction of sp³-hybridized carbons (Fsp3) is 0.250. The van der Waals surface area contributed by atoms with E-state index in [0.29, 0.717) is 5.56 Å². The molecule has 19 heavy (non-hydrogen) atoms. The van der Waals surface area contributed by atoms with Crippen molar-refractivity contribution < 1.29 is 29.3 Å². The topological polar surface area (TPSA) is 113 Å². The average Bonchev–Trinajstić information content (AvgIpc) is 2.37. The zero-order valence-corrected chi connectivity index (χ0v) is 9.91. The number of carbonyl (C=O) groups excluding carboxylic acids is 1. The van der Waals surface area contributed by atoms with Crippen molar-refractivity contribution in [2.75, 3.05) is 6.54 Å². The summed E-state index contributed by atoms with van der Waals surface area (Å²) in [5.74, 6) is -3.78. The number of hydrogen-bond acceptors (Lipinski definition) is 5. The zero-order chi connectivity index (χ0) is 14.3. The third kappa shape index (κ3) is 5.17. The van der Waals surface area contributed by atoms with Crippen LogP contribution < -0.4 is 5.32 Å². The lowest BCUT2D eigenvalue weighted by Gasteiger charge is -2.12. The second-order valence-corrected chi connectivity index (χ2v) is 3.64. The summed E-state index contributed by atoms with van der Waals surface area (Å²) in [6.07, 6.45) is 0. The molecule has 0 aliphatic rings. The molecule has 0 saturated carbocycles. The first-order valence-electron chi connectivity index (χ1n) is 5.39. The molecule has 1 rings (SSSR count). The summed E-state index contributed by atoms with van der Waals surface area (Å²) in [7, 11) is 0. The number of carbonyl (C=O) groups is 3. The fourth-order valence-corrected chi connectivity index (χ4v) is 1.27. The van der Waals surface area contributed by atoms with Crippen LogP contribution in [0.2, 0.25) is 0 Å². The van der Waals surface area contributed by atoms with Crippen LogP contribution in [0.4, 0.5) is 0 Å². The first-order chi connectivity index (χ1) is 9.00. The third-order valence-corrected chi connectivity index (χ3v) is 2.16. The average molecular weight is 267 g/mol. The van der Waals surface area contributed by atoms with Gasteiger partial charge in [-0.1, -0.05) is 30.3 Å². The molecule has 1 aromatic rings. The monoisotopic (exact) mass is 267 g/mol. The number of rotatable bonds is 7. The summed E-state index contributed by atoms with van der Waals surface area (Å²) in [6.45, 7) is -0.713. The van der Waals surface area contributed by atoms with Gasteiger partial charge in [0.2, 0.25) is 6.04 Å². The standard InChI is InChI=1S/C12H13NO6/c14-9(15)6-13-10(11(16)17)12(18)19-7-8-4-2-1-3-5-8/h1-5,10,13H,6-7H2,(H,14,15)(H,16,17). The SMILES string of the molecule is O=C(O)CNC(C(=O)O)C(=O)OCc1ccccc1. The smallest absolute Gasteiger partial charge is 0.335 e. The normalized spacial score (nSPS) is 11.6. The molecule has 0 spiro atoms. The Morgan fingerprint density at radius 3 is 2.32 bits per heavy atom. The molecule has 3 N–H and O–H groups in total. The lowest BCUT2D eigenvalue weighted by molar-refractivity contribution is -0.156.